The zero-order chi connectivity index (χ0) is 13.2. The zero-order valence-corrected chi connectivity index (χ0v) is 11.2. The second-order valence-electron chi connectivity index (χ2n) is 4.55. The molecule has 1 heterocycles. The van der Waals surface area contributed by atoms with E-state index in [1.165, 1.54) is 16.8 Å². The molecule has 0 atom stereocenters. The Hall–Kier alpha value is -2.16. The molecule has 1 aliphatic heterocycles. The molecule has 2 aromatic carbocycles. The summed E-state index contributed by atoms with van der Waals surface area (Å²) in [6, 6.07) is 12.3. The van der Waals surface area contributed by atoms with Crippen molar-refractivity contribution in [1.82, 2.24) is 0 Å². The first-order valence-corrected chi connectivity index (χ1v) is 6.42. The molecule has 2 aromatic rings. The zero-order valence-electron chi connectivity index (χ0n) is 11.2. The second kappa shape index (κ2) is 4.84. The molecular formula is C16H17NO2. The topological polar surface area (TPSA) is 30.5 Å². The first kappa shape index (κ1) is 11.9. The van der Waals surface area contributed by atoms with E-state index in [-0.39, 0.29) is 0 Å². The minimum absolute atomic E-state index is 0.767. The number of hydrogen-bond donors (Lipinski definition) is 1. The van der Waals surface area contributed by atoms with Gasteiger partial charge in [-0.15, -0.1) is 0 Å². The normalized spacial score (nSPS) is 12.7. The van der Waals surface area contributed by atoms with Gasteiger partial charge in [-0.25, -0.2) is 0 Å². The number of methoxy groups -OCH3 is 2. The Kier molecular flexibility index (Phi) is 3.03. The smallest absolute Gasteiger partial charge is 0.168 e. The summed E-state index contributed by atoms with van der Waals surface area (Å²) in [4.78, 5) is 0. The highest BCUT2D eigenvalue weighted by molar-refractivity contribution is 5.81. The molecule has 0 radical (unpaired) electrons. The van der Waals surface area contributed by atoms with Crippen LogP contribution in [0, 0.1) is 0 Å². The molecule has 0 saturated heterocycles. The van der Waals surface area contributed by atoms with Gasteiger partial charge in [-0.2, -0.15) is 0 Å². The molecule has 0 amide bonds. The van der Waals surface area contributed by atoms with E-state index >= 15 is 0 Å². The molecule has 1 N–H and O–H groups in total. The van der Waals surface area contributed by atoms with Crippen LogP contribution in [-0.4, -0.2) is 20.8 Å². The van der Waals surface area contributed by atoms with Gasteiger partial charge in [0.2, 0.25) is 0 Å². The van der Waals surface area contributed by atoms with Crippen LogP contribution in [0.4, 0.5) is 5.69 Å². The van der Waals surface area contributed by atoms with E-state index < -0.39 is 0 Å². The third kappa shape index (κ3) is 1.91. The molecule has 3 rings (SSSR count). The van der Waals surface area contributed by atoms with Crippen molar-refractivity contribution in [2.24, 2.45) is 0 Å². The standard InChI is InChI=1S/C16H17NO2/c1-18-15-8-4-6-13(16(15)19-2)11-5-3-7-14-12(11)9-10-17-14/h3-8,17H,9-10H2,1-2H3. The Balaban J connectivity index is 2.20. The molecule has 0 bridgehead atoms. The lowest BCUT2D eigenvalue weighted by Crippen LogP contribution is -1.95. The van der Waals surface area contributed by atoms with Gasteiger partial charge < -0.3 is 14.8 Å². The molecule has 0 unspecified atom stereocenters. The average Bonchev–Trinajstić information content (AvgIpc) is 2.94. The summed E-state index contributed by atoms with van der Waals surface area (Å²) in [5, 5.41) is 3.40. The number of para-hydroxylation sites is 1. The fourth-order valence-electron chi connectivity index (χ4n) is 2.70. The van der Waals surface area contributed by atoms with Crippen LogP contribution in [0.5, 0.6) is 11.5 Å². The van der Waals surface area contributed by atoms with E-state index in [1.54, 1.807) is 14.2 Å². The maximum atomic E-state index is 5.54. The maximum Gasteiger partial charge on any atom is 0.168 e. The molecule has 0 aromatic heterocycles. The van der Waals surface area contributed by atoms with E-state index in [2.05, 4.69) is 29.6 Å². The lowest BCUT2D eigenvalue weighted by molar-refractivity contribution is 0.356. The number of benzene rings is 2. The van der Waals surface area contributed by atoms with Crippen LogP contribution in [0.25, 0.3) is 11.1 Å². The number of ether oxygens (including phenoxy) is 2. The molecule has 0 fully saturated rings. The van der Waals surface area contributed by atoms with Crippen LogP contribution in [0.3, 0.4) is 0 Å². The van der Waals surface area contributed by atoms with Crippen molar-refractivity contribution in [1.29, 1.82) is 0 Å². The summed E-state index contributed by atoms with van der Waals surface area (Å²) in [7, 11) is 3.35. The summed E-state index contributed by atoms with van der Waals surface area (Å²) in [5.74, 6) is 1.56. The third-order valence-electron chi connectivity index (χ3n) is 3.56. The molecule has 98 valence electrons. The lowest BCUT2D eigenvalue weighted by atomic mass is 9.97. The van der Waals surface area contributed by atoms with Crippen LogP contribution in [0.15, 0.2) is 36.4 Å². The Morgan fingerprint density at radius 3 is 2.53 bits per heavy atom. The monoisotopic (exact) mass is 255 g/mol. The van der Waals surface area contributed by atoms with Gasteiger partial charge in [0.25, 0.3) is 0 Å². The summed E-state index contributed by atoms with van der Waals surface area (Å²) >= 11 is 0. The van der Waals surface area contributed by atoms with Gasteiger partial charge >= 0.3 is 0 Å². The SMILES string of the molecule is COc1cccc(-c2cccc3c2CCN3)c1OC. The summed E-state index contributed by atoms with van der Waals surface area (Å²) in [5.41, 5.74) is 4.89. The van der Waals surface area contributed by atoms with Gasteiger partial charge in [-0.05, 0) is 29.7 Å². The fraction of sp³-hybridized carbons (Fsp3) is 0.250. The molecule has 0 aliphatic carbocycles. The summed E-state index contributed by atoms with van der Waals surface area (Å²) < 4.78 is 10.9. The van der Waals surface area contributed by atoms with Crippen molar-refractivity contribution >= 4 is 5.69 Å². The molecule has 0 spiro atoms. The largest absolute Gasteiger partial charge is 0.493 e. The van der Waals surface area contributed by atoms with Gasteiger partial charge in [0.1, 0.15) is 0 Å². The van der Waals surface area contributed by atoms with Gasteiger partial charge in [-0.3, -0.25) is 0 Å². The summed E-state index contributed by atoms with van der Waals surface area (Å²) in [6.07, 6.45) is 1.05. The van der Waals surface area contributed by atoms with Crippen molar-refractivity contribution in [2.45, 2.75) is 6.42 Å². The highest BCUT2D eigenvalue weighted by atomic mass is 16.5. The van der Waals surface area contributed by atoms with Gasteiger partial charge in [-0.1, -0.05) is 24.3 Å². The van der Waals surface area contributed by atoms with E-state index in [9.17, 15) is 0 Å². The van der Waals surface area contributed by atoms with Crippen molar-refractivity contribution in [3.63, 3.8) is 0 Å². The Bertz CT molecular complexity index is 608. The van der Waals surface area contributed by atoms with E-state index in [4.69, 9.17) is 9.47 Å². The van der Waals surface area contributed by atoms with Crippen molar-refractivity contribution in [2.75, 3.05) is 26.1 Å². The fourth-order valence-corrected chi connectivity index (χ4v) is 2.70. The average molecular weight is 255 g/mol. The summed E-state index contributed by atoms with van der Waals surface area (Å²) in [6.45, 7) is 0.999. The number of anilines is 1. The Morgan fingerprint density at radius 2 is 1.74 bits per heavy atom. The minimum atomic E-state index is 0.767. The minimum Gasteiger partial charge on any atom is -0.493 e. The van der Waals surface area contributed by atoms with Crippen LogP contribution in [0.1, 0.15) is 5.56 Å². The number of hydrogen-bond acceptors (Lipinski definition) is 3. The third-order valence-corrected chi connectivity index (χ3v) is 3.56. The molecule has 1 aliphatic rings. The molecule has 3 nitrogen and oxygen atoms in total. The molecule has 19 heavy (non-hydrogen) atoms. The number of fused-ring (bicyclic) bond motifs is 1. The van der Waals surface area contributed by atoms with Crippen molar-refractivity contribution in [3.05, 3.63) is 42.0 Å². The van der Waals surface area contributed by atoms with E-state index in [0.29, 0.717) is 0 Å². The van der Waals surface area contributed by atoms with E-state index in [1.807, 2.05) is 12.1 Å². The molecule has 0 saturated carbocycles. The first-order chi connectivity index (χ1) is 9.35. The van der Waals surface area contributed by atoms with E-state index in [0.717, 1.165) is 30.0 Å². The molecule has 3 heteroatoms. The van der Waals surface area contributed by atoms with Crippen LogP contribution >= 0.6 is 0 Å². The van der Waals surface area contributed by atoms with Gasteiger partial charge in [0.15, 0.2) is 11.5 Å². The second-order valence-corrected chi connectivity index (χ2v) is 4.55. The highest BCUT2D eigenvalue weighted by Crippen LogP contribution is 2.41. The molecular weight excluding hydrogens is 238 g/mol. The van der Waals surface area contributed by atoms with Crippen molar-refractivity contribution in [3.8, 4) is 22.6 Å². The van der Waals surface area contributed by atoms with Gasteiger partial charge in [0.05, 0.1) is 14.2 Å². The van der Waals surface area contributed by atoms with Crippen LogP contribution in [0.2, 0.25) is 0 Å². The van der Waals surface area contributed by atoms with Gasteiger partial charge in [0, 0.05) is 17.8 Å². The quantitative estimate of drug-likeness (QED) is 0.912. The van der Waals surface area contributed by atoms with Crippen molar-refractivity contribution < 1.29 is 9.47 Å². The predicted octanol–water partition coefficient (Wildman–Crippen LogP) is 3.34. The Morgan fingerprint density at radius 1 is 0.947 bits per heavy atom. The maximum absolute atomic E-state index is 5.54. The van der Waals surface area contributed by atoms with Crippen LogP contribution in [-0.2, 0) is 6.42 Å². The predicted molar refractivity (Wildman–Crippen MR) is 77.2 cm³/mol. The van der Waals surface area contributed by atoms with Crippen LogP contribution < -0.4 is 14.8 Å². The number of nitrogens with one attached hydrogen (secondary N) is 1. The highest BCUT2D eigenvalue weighted by Gasteiger charge is 2.18. The lowest BCUT2D eigenvalue weighted by Gasteiger charge is -2.15. The first-order valence-electron chi connectivity index (χ1n) is 6.42. The Labute approximate surface area is 113 Å². The number of rotatable bonds is 3.